The highest BCUT2D eigenvalue weighted by Crippen LogP contribution is 2.48. The first-order valence-corrected chi connectivity index (χ1v) is 9.59. The van der Waals surface area contributed by atoms with E-state index in [9.17, 15) is 13.2 Å². The van der Waals surface area contributed by atoms with Gasteiger partial charge >= 0.3 is 0 Å². The summed E-state index contributed by atoms with van der Waals surface area (Å²) in [7, 11) is -3.79. The number of rotatable bonds is 4. The quantitative estimate of drug-likeness (QED) is 0.857. The Kier molecular flexibility index (Phi) is 4.36. The summed E-state index contributed by atoms with van der Waals surface area (Å²) < 4.78 is 24.3. The number of halogens is 2. The summed E-state index contributed by atoms with van der Waals surface area (Å²) in [6, 6.07) is 11.0. The maximum absolute atomic E-state index is 12.9. The lowest BCUT2D eigenvalue weighted by molar-refractivity contribution is -0.116. The van der Waals surface area contributed by atoms with Gasteiger partial charge in [-0.25, -0.2) is 8.42 Å². The van der Waals surface area contributed by atoms with E-state index in [4.69, 9.17) is 23.2 Å². The van der Waals surface area contributed by atoms with Crippen molar-refractivity contribution in [1.29, 1.82) is 0 Å². The van der Waals surface area contributed by atoms with Gasteiger partial charge in [0.15, 0.2) is 14.6 Å². The second-order valence-corrected chi connectivity index (χ2v) is 8.92. The topological polar surface area (TPSA) is 63.2 Å². The van der Waals surface area contributed by atoms with Crippen LogP contribution in [0.5, 0.6) is 0 Å². The second kappa shape index (κ2) is 6.06. The summed E-state index contributed by atoms with van der Waals surface area (Å²) in [5.41, 5.74) is 1.22. The minimum Gasteiger partial charge on any atom is -0.324 e. The molecule has 0 atom stereocenters. The smallest absolute Gasteiger partial charge is 0.246 e. The molecule has 126 valence electrons. The molecule has 1 fully saturated rings. The van der Waals surface area contributed by atoms with Crippen LogP contribution < -0.4 is 5.32 Å². The lowest BCUT2D eigenvalue weighted by Crippen LogP contribution is -2.37. The summed E-state index contributed by atoms with van der Waals surface area (Å²) >= 11 is 11.9. The van der Waals surface area contributed by atoms with Crippen molar-refractivity contribution in [2.24, 2.45) is 0 Å². The normalized spacial score (nSPS) is 15.8. The summed E-state index contributed by atoms with van der Waals surface area (Å²) in [4.78, 5) is 12.8. The number of sulfone groups is 1. The van der Waals surface area contributed by atoms with Crippen molar-refractivity contribution >= 4 is 44.6 Å². The van der Waals surface area contributed by atoms with Crippen molar-refractivity contribution in [2.75, 3.05) is 5.32 Å². The number of benzene rings is 2. The van der Waals surface area contributed by atoms with E-state index in [0.29, 0.717) is 34.1 Å². The van der Waals surface area contributed by atoms with Gasteiger partial charge in [0.05, 0.1) is 4.90 Å². The minimum atomic E-state index is -3.79. The maximum Gasteiger partial charge on any atom is 0.246 e. The van der Waals surface area contributed by atoms with Gasteiger partial charge in [-0.05, 0) is 61.7 Å². The molecule has 0 saturated heterocycles. The van der Waals surface area contributed by atoms with Crippen LogP contribution >= 0.6 is 23.2 Å². The number of amides is 1. The fourth-order valence-electron chi connectivity index (χ4n) is 2.55. The van der Waals surface area contributed by atoms with Gasteiger partial charge in [-0.1, -0.05) is 29.3 Å². The molecule has 1 aliphatic carbocycles. The van der Waals surface area contributed by atoms with Crippen molar-refractivity contribution in [1.82, 2.24) is 0 Å². The Hall–Kier alpha value is -1.56. The number of hydrogen-bond acceptors (Lipinski definition) is 3. The number of anilines is 1. The van der Waals surface area contributed by atoms with Crippen LogP contribution in [-0.2, 0) is 14.6 Å². The Morgan fingerprint density at radius 2 is 1.71 bits per heavy atom. The summed E-state index contributed by atoms with van der Waals surface area (Å²) in [5, 5.41) is 3.67. The first-order valence-electron chi connectivity index (χ1n) is 7.35. The molecule has 0 aromatic heterocycles. The van der Waals surface area contributed by atoms with Gasteiger partial charge in [0.1, 0.15) is 0 Å². The fourth-order valence-corrected chi connectivity index (χ4v) is 4.73. The van der Waals surface area contributed by atoms with Crippen molar-refractivity contribution in [2.45, 2.75) is 29.4 Å². The fraction of sp³-hybridized carbons (Fsp3) is 0.235. The van der Waals surface area contributed by atoms with Gasteiger partial charge in [0.2, 0.25) is 5.91 Å². The van der Waals surface area contributed by atoms with Gasteiger partial charge in [-0.15, -0.1) is 0 Å². The van der Waals surface area contributed by atoms with E-state index >= 15 is 0 Å². The van der Waals surface area contributed by atoms with Crippen molar-refractivity contribution in [3.05, 3.63) is 58.1 Å². The molecule has 1 amide bonds. The molecule has 0 heterocycles. The number of carbonyl (C=O) groups is 1. The van der Waals surface area contributed by atoms with E-state index in [1.807, 2.05) is 0 Å². The minimum absolute atomic E-state index is 0.0994. The van der Waals surface area contributed by atoms with Gasteiger partial charge < -0.3 is 5.32 Å². The molecule has 0 spiro atoms. The Morgan fingerprint density at radius 1 is 1.08 bits per heavy atom. The number of nitrogens with one attached hydrogen (secondary N) is 1. The van der Waals surface area contributed by atoms with E-state index in [-0.39, 0.29) is 4.90 Å². The Morgan fingerprint density at radius 3 is 2.29 bits per heavy atom. The first-order chi connectivity index (χ1) is 11.3. The lowest BCUT2D eigenvalue weighted by atomic mass is 10.2. The van der Waals surface area contributed by atoms with Crippen molar-refractivity contribution < 1.29 is 13.2 Å². The molecule has 2 aromatic carbocycles. The van der Waals surface area contributed by atoms with Gasteiger partial charge in [0.25, 0.3) is 0 Å². The zero-order valence-electron chi connectivity index (χ0n) is 12.8. The predicted molar refractivity (Wildman–Crippen MR) is 95.4 cm³/mol. The average molecular weight is 384 g/mol. The monoisotopic (exact) mass is 383 g/mol. The Labute approximate surface area is 150 Å². The molecule has 1 aliphatic rings. The van der Waals surface area contributed by atoms with Crippen LogP contribution in [0.2, 0.25) is 10.0 Å². The van der Waals surface area contributed by atoms with Crippen LogP contribution in [0, 0.1) is 6.92 Å². The molecule has 0 bridgehead atoms. The van der Waals surface area contributed by atoms with Crippen LogP contribution in [0.1, 0.15) is 18.4 Å². The third-order valence-corrected chi connectivity index (χ3v) is 7.45. The molecule has 0 aliphatic heterocycles. The molecule has 2 aromatic rings. The standard InChI is InChI=1S/C17H15Cl2NO3S/c1-11-14(19)3-2-4-15(11)20-16(21)17(9-10-17)24(22,23)13-7-5-12(18)6-8-13/h2-8H,9-10H2,1H3,(H,20,21). The van der Waals surface area contributed by atoms with Gasteiger partial charge in [-0.2, -0.15) is 0 Å². The predicted octanol–water partition coefficient (Wildman–Crippen LogP) is 4.25. The molecule has 1 saturated carbocycles. The average Bonchev–Trinajstić information content (AvgIpc) is 3.34. The molecule has 1 N–H and O–H groups in total. The number of hydrogen-bond donors (Lipinski definition) is 1. The number of carbonyl (C=O) groups excluding carboxylic acids is 1. The van der Waals surface area contributed by atoms with Crippen LogP contribution in [0.4, 0.5) is 5.69 Å². The summed E-state index contributed by atoms with van der Waals surface area (Å²) in [6.45, 7) is 1.77. The molecule has 24 heavy (non-hydrogen) atoms. The third-order valence-electron chi connectivity index (χ3n) is 4.27. The largest absolute Gasteiger partial charge is 0.324 e. The van der Waals surface area contributed by atoms with Crippen LogP contribution in [0.25, 0.3) is 0 Å². The second-order valence-electron chi connectivity index (χ2n) is 5.82. The zero-order valence-corrected chi connectivity index (χ0v) is 15.2. The highest BCUT2D eigenvalue weighted by atomic mass is 35.5. The van der Waals surface area contributed by atoms with Gasteiger partial charge in [0, 0.05) is 15.7 Å². The Balaban J connectivity index is 1.91. The highest BCUT2D eigenvalue weighted by Gasteiger charge is 2.61. The molecule has 7 heteroatoms. The maximum atomic E-state index is 12.9. The van der Waals surface area contributed by atoms with Gasteiger partial charge in [-0.3, -0.25) is 4.79 Å². The van der Waals surface area contributed by atoms with E-state index in [1.165, 1.54) is 24.3 Å². The molecular formula is C17H15Cl2NO3S. The first kappa shape index (κ1) is 17.3. The van der Waals surface area contributed by atoms with E-state index in [1.54, 1.807) is 25.1 Å². The van der Waals surface area contributed by atoms with Crippen LogP contribution in [-0.4, -0.2) is 19.1 Å². The van der Waals surface area contributed by atoms with Crippen LogP contribution in [0.3, 0.4) is 0 Å². The third kappa shape index (κ3) is 2.81. The van der Waals surface area contributed by atoms with Crippen molar-refractivity contribution in [3.63, 3.8) is 0 Å². The molecule has 0 radical (unpaired) electrons. The highest BCUT2D eigenvalue weighted by molar-refractivity contribution is 7.94. The van der Waals surface area contributed by atoms with E-state index < -0.39 is 20.5 Å². The van der Waals surface area contributed by atoms with E-state index in [0.717, 1.165) is 0 Å². The van der Waals surface area contributed by atoms with Crippen LogP contribution in [0.15, 0.2) is 47.4 Å². The van der Waals surface area contributed by atoms with E-state index in [2.05, 4.69) is 5.32 Å². The lowest BCUT2D eigenvalue weighted by Gasteiger charge is -2.17. The zero-order chi connectivity index (χ0) is 17.5. The Bertz CT molecular complexity index is 904. The summed E-state index contributed by atoms with van der Waals surface area (Å²) in [6.07, 6.45) is 0.590. The van der Waals surface area contributed by atoms with Crippen molar-refractivity contribution in [3.8, 4) is 0 Å². The summed E-state index contributed by atoms with van der Waals surface area (Å²) in [5.74, 6) is -0.525. The molecular weight excluding hydrogens is 369 g/mol. The molecule has 0 unspecified atom stereocenters. The SMILES string of the molecule is Cc1c(Cl)cccc1NC(=O)C1(S(=O)(=O)c2ccc(Cl)cc2)CC1. The molecule has 4 nitrogen and oxygen atoms in total. The molecule has 3 rings (SSSR count).